The zero-order valence-electron chi connectivity index (χ0n) is 37.8. The SMILES string of the molecule is c1ccc(-c2ccc3c(c2)c2cc4c5cc(-c6ccc7oc8ccccc8c7c6)ccc5c5ccccc5c4cc2n3-c2cc(-c3cccc4ccccc34)nc(-c3cccc4ccccc34)n2)cc1. The molecule has 15 rings (SSSR count). The van der Waals surface area contributed by atoms with Gasteiger partial charge in [-0.3, -0.25) is 4.57 Å². The Labute approximate surface area is 402 Å². The van der Waals surface area contributed by atoms with E-state index in [1.54, 1.807) is 0 Å². The van der Waals surface area contributed by atoms with Gasteiger partial charge >= 0.3 is 0 Å². The quantitative estimate of drug-likeness (QED) is 0.162. The molecule has 0 unspecified atom stereocenters. The van der Waals surface area contributed by atoms with Crippen LogP contribution in [0.3, 0.4) is 0 Å². The fourth-order valence-corrected chi connectivity index (χ4v) is 11.3. The van der Waals surface area contributed by atoms with E-state index in [0.29, 0.717) is 5.82 Å². The summed E-state index contributed by atoms with van der Waals surface area (Å²) in [5.74, 6) is 1.49. The lowest BCUT2D eigenvalue weighted by Gasteiger charge is -2.15. The molecule has 4 nitrogen and oxygen atoms in total. The molecule has 3 heterocycles. The van der Waals surface area contributed by atoms with Gasteiger partial charge in [0.25, 0.3) is 0 Å². The average Bonchev–Trinajstić information content (AvgIpc) is 3.97. The number of hydrogen-bond donors (Lipinski definition) is 0. The van der Waals surface area contributed by atoms with E-state index in [-0.39, 0.29) is 0 Å². The molecule has 70 heavy (non-hydrogen) atoms. The van der Waals surface area contributed by atoms with Crippen molar-refractivity contribution in [3.8, 4) is 50.7 Å². The first-order valence-electron chi connectivity index (χ1n) is 23.9. The molecule has 324 valence electrons. The molecule has 0 aliphatic heterocycles. The minimum Gasteiger partial charge on any atom is -0.456 e. The molecule has 0 saturated carbocycles. The molecule has 15 aromatic rings. The van der Waals surface area contributed by atoms with E-state index in [1.165, 1.54) is 43.3 Å². The monoisotopic (exact) mass is 889 g/mol. The van der Waals surface area contributed by atoms with Crippen molar-refractivity contribution in [3.63, 3.8) is 0 Å². The first-order chi connectivity index (χ1) is 34.7. The van der Waals surface area contributed by atoms with Gasteiger partial charge in [0.2, 0.25) is 0 Å². The highest BCUT2D eigenvalue weighted by Crippen LogP contribution is 2.44. The Bertz CT molecular complexity index is 4550. The van der Waals surface area contributed by atoms with Crippen LogP contribution in [0.4, 0.5) is 0 Å². The van der Waals surface area contributed by atoms with E-state index in [4.69, 9.17) is 14.4 Å². The minimum atomic E-state index is 0.680. The summed E-state index contributed by atoms with van der Waals surface area (Å²) in [6.07, 6.45) is 0. The molecule has 0 aliphatic carbocycles. The molecule has 0 amide bonds. The van der Waals surface area contributed by atoms with Gasteiger partial charge in [-0.25, -0.2) is 9.97 Å². The maximum absolute atomic E-state index is 6.25. The predicted octanol–water partition coefficient (Wildman–Crippen LogP) is 17.9. The fourth-order valence-electron chi connectivity index (χ4n) is 11.3. The molecule has 0 bridgehead atoms. The Morgan fingerprint density at radius 1 is 0.286 bits per heavy atom. The summed E-state index contributed by atoms with van der Waals surface area (Å²) >= 11 is 0. The van der Waals surface area contributed by atoms with Crippen molar-refractivity contribution in [2.45, 2.75) is 0 Å². The third-order valence-corrected chi connectivity index (χ3v) is 14.6. The molecule has 4 heteroatoms. The highest BCUT2D eigenvalue weighted by molar-refractivity contribution is 6.29. The summed E-state index contributed by atoms with van der Waals surface area (Å²) in [6, 6.07) is 85.4. The maximum atomic E-state index is 6.25. The van der Waals surface area contributed by atoms with Gasteiger partial charge in [-0.15, -0.1) is 0 Å². The molecule has 12 aromatic carbocycles. The molecular formula is C66H39N3O. The van der Waals surface area contributed by atoms with Crippen LogP contribution >= 0.6 is 0 Å². The number of para-hydroxylation sites is 1. The number of aromatic nitrogens is 3. The zero-order valence-corrected chi connectivity index (χ0v) is 37.8. The number of furan rings is 1. The van der Waals surface area contributed by atoms with Crippen LogP contribution in [0, 0.1) is 0 Å². The van der Waals surface area contributed by atoms with Crippen molar-refractivity contribution in [1.29, 1.82) is 0 Å². The Hall–Kier alpha value is -9.38. The Kier molecular flexibility index (Phi) is 8.33. The van der Waals surface area contributed by atoms with Crippen LogP contribution < -0.4 is 0 Å². The van der Waals surface area contributed by atoms with Gasteiger partial charge in [0.15, 0.2) is 5.82 Å². The summed E-state index contributed by atoms with van der Waals surface area (Å²) < 4.78 is 8.63. The van der Waals surface area contributed by atoms with Crippen molar-refractivity contribution in [2.75, 3.05) is 0 Å². The lowest BCUT2D eigenvalue weighted by molar-refractivity contribution is 0.669. The second-order valence-corrected chi connectivity index (χ2v) is 18.5. The number of hydrogen-bond acceptors (Lipinski definition) is 3. The standard InChI is InChI=1S/C66H39N3O/c1-2-14-40(15-3-1)43-29-32-61-57(35-43)58-37-55-54-34-44(45-30-33-64-59(36-45)52-24-10-11-27-63(52)70-64)28-31-50(54)48-22-8-9-23-49(48)56(55)38-62(58)69(61)65-39-60(51-25-12-18-41-16-4-6-20-46(41)51)67-66(68-65)53-26-13-19-42-17-5-7-21-47(42)53/h1-39H. The summed E-state index contributed by atoms with van der Waals surface area (Å²) in [6.45, 7) is 0. The van der Waals surface area contributed by atoms with Gasteiger partial charge in [-0.1, -0.05) is 182 Å². The molecule has 0 radical (unpaired) electrons. The van der Waals surface area contributed by atoms with E-state index in [2.05, 4.69) is 229 Å². The van der Waals surface area contributed by atoms with Crippen LogP contribution in [-0.4, -0.2) is 14.5 Å². The fraction of sp³-hybridized carbons (Fsp3) is 0. The van der Waals surface area contributed by atoms with Crippen molar-refractivity contribution >= 4 is 97.6 Å². The molecule has 0 N–H and O–H groups in total. The third kappa shape index (κ3) is 5.90. The van der Waals surface area contributed by atoms with E-state index in [1.807, 2.05) is 12.1 Å². The second kappa shape index (κ2) is 15.1. The average molecular weight is 890 g/mol. The first kappa shape index (κ1) is 38.7. The van der Waals surface area contributed by atoms with Crippen LogP contribution in [0.2, 0.25) is 0 Å². The zero-order chi connectivity index (χ0) is 45.9. The van der Waals surface area contributed by atoms with Gasteiger partial charge in [0.1, 0.15) is 17.0 Å². The number of fused-ring (bicyclic) bond motifs is 14. The highest BCUT2D eigenvalue weighted by atomic mass is 16.3. The van der Waals surface area contributed by atoms with E-state index in [9.17, 15) is 0 Å². The number of benzene rings is 12. The minimum absolute atomic E-state index is 0.680. The molecular weight excluding hydrogens is 851 g/mol. The lowest BCUT2D eigenvalue weighted by Crippen LogP contribution is -2.03. The van der Waals surface area contributed by atoms with Crippen LogP contribution in [0.25, 0.3) is 148 Å². The van der Waals surface area contributed by atoms with Gasteiger partial charge in [-0.05, 0) is 125 Å². The van der Waals surface area contributed by atoms with Gasteiger partial charge in [0.05, 0.1) is 16.7 Å². The Morgan fingerprint density at radius 3 is 1.61 bits per heavy atom. The third-order valence-electron chi connectivity index (χ3n) is 14.6. The molecule has 0 saturated heterocycles. The normalized spacial score (nSPS) is 12.0. The molecule has 0 fully saturated rings. The number of nitrogens with zero attached hydrogens (tertiary/aromatic N) is 3. The van der Waals surface area contributed by atoms with Crippen molar-refractivity contribution in [3.05, 3.63) is 237 Å². The van der Waals surface area contributed by atoms with Gasteiger partial charge in [0, 0.05) is 38.7 Å². The largest absolute Gasteiger partial charge is 0.456 e. The predicted molar refractivity (Wildman–Crippen MR) is 293 cm³/mol. The number of rotatable bonds is 5. The molecule has 3 aromatic heterocycles. The van der Waals surface area contributed by atoms with Crippen LogP contribution in [0.15, 0.2) is 241 Å². The lowest BCUT2D eigenvalue weighted by atomic mass is 9.91. The first-order valence-corrected chi connectivity index (χ1v) is 23.9. The molecule has 0 aliphatic rings. The molecule has 0 spiro atoms. The Morgan fingerprint density at radius 2 is 0.814 bits per heavy atom. The van der Waals surface area contributed by atoms with Gasteiger partial charge in [-0.2, -0.15) is 0 Å². The van der Waals surface area contributed by atoms with E-state index < -0.39 is 0 Å². The van der Waals surface area contributed by atoms with Crippen LogP contribution in [0.1, 0.15) is 0 Å². The highest BCUT2D eigenvalue weighted by Gasteiger charge is 2.22. The smallest absolute Gasteiger partial charge is 0.162 e. The Balaban J connectivity index is 1.05. The van der Waals surface area contributed by atoms with Crippen LogP contribution in [-0.2, 0) is 0 Å². The van der Waals surface area contributed by atoms with Crippen molar-refractivity contribution < 1.29 is 4.42 Å². The second-order valence-electron chi connectivity index (χ2n) is 18.5. The van der Waals surface area contributed by atoms with E-state index in [0.717, 1.165) is 99.2 Å². The van der Waals surface area contributed by atoms with Gasteiger partial charge < -0.3 is 4.42 Å². The summed E-state index contributed by atoms with van der Waals surface area (Å²) in [5.41, 5.74) is 11.5. The summed E-state index contributed by atoms with van der Waals surface area (Å²) in [4.78, 5) is 11.1. The summed E-state index contributed by atoms with van der Waals surface area (Å²) in [7, 11) is 0. The van der Waals surface area contributed by atoms with Crippen molar-refractivity contribution in [2.24, 2.45) is 0 Å². The van der Waals surface area contributed by atoms with Crippen molar-refractivity contribution in [1.82, 2.24) is 14.5 Å². The van der Waals surface area contributed by atoms with Crippen LogP contribution in [0.5, 0.6) is 0 Å². The topological polar surface area (TPSA) is 43.9 Å². The maximum Gasteiger partial charge on any atom is 0.162 e. The molecule has 0 atom stereocenters. The van der Waals surface area contributed by atoms with E-state index >= 15 is 0 Å². The summed E-state index contributed by atoms with van der Waals surface area (Å²) in [5, 5.41) is 16.4.